The van der Waals surface area contributed by atoms with E-state index in [4.69, 9.17) is 10.2 Å². The Hall–Kier alpha value is -1.91. The largest absolute Gasteiger partial charge is 0.438 e. The van der Waals surface area contributed by atoms with Crippen LogP contribution in [0.25, 0.3) is 0 Å². The Morgan fingerprint density at radius 3 is 2.52 bits per heavy atom. The molecule has 9 nitrogen and oxygen atoms in total. The molecule has 10 heteroatoms. The first kappa shape index (κ1) is 17.9. The number of amides is 2. The summed E-state index contributed by atoms with van der Waals surface area (Å²) in [6.07, 6.45) is 2.54. The molecular formula is C15H22N4O5S. The maximum atomic E-state index is 12.5. The minimum Gasteiger partial charge on any atom is -0.438 e. The van der Waals surface area contributed by atoms with E-state index in [2.05, 4.69) is 5.32 Å². The summed E-state index contributed by atoms with van der Waals surface area (Å²) in [6.45, 7) is 2.01. The number of furan rings is 1. The van der Waals surface area contributed by atoms with Crippen LogP contribution in [0.5, 0.6) is 0 Å². The van der Waals surface area contributed by atoms with Gasteiger partial charge < -0.3 is 20.4 Å². The Morgan fingerprint density at radius 2 is 1.96 bits per heavy atom. The summed E-state index contributed by atoms with van der Waals surface area (Å²) in [4.78, 5) is 25.1. The van der Waals surface area contributed by atoms with Gasteiger partial charge in [0, 0.05) is 38.6 Å². The molecule has 3 heterocycles. The number of carbonyl (C=O) groups is 2. The number of rotatable bonds is 5. The molecule has 1 atom stereocenters. The van der Waals surface area contributed by atoms with Crippen molar-refractivity contribution in [2.45, 2.75) is 30.4 Å². The molecule has 2 aliphatic rings. The summed E-state index contributed by atoms with van der Waals surface area (Å²) in [7, 11) is -3.84. The van der Waals surface area contributed by atoms with Crippen molar-refractivity contribution >= 4 is 21.8 Å². The Kier molecular flexibility index (Phi) is 5.11. The number of piperazine rings is 1. The van der Waals surface area contributed by atoms with Crippen LogP contribution in [0.15, 0.2) is 21.6 Å². The van der Waals surface area contributed by atoms with Crippen LogP contribution < -0.4 is 11.1 Å². The molecule has 2 fully saturated rings. The molecule has 0 aromatic carbocycles. The van der Waals surface area contributed by atoms with E-state index in [0.29, 0.717) is 19.5 Å². The summed E-state index contributed by atoms with van der Waals surface area (Å²) in [5, 5.41) is 2.98. The van der Waals surface area contributed by atoms with Crippen molar-refractivity contribution in [1.29, 1.82) is 0 Å². The van der Waals surface area contributed by atoms with Crippen molar-refractivity contribution in [1.82, 2.24) is 14.5 Å². The number of nitrogens with one attached hydrogen (secondary N) is 1. The first-order chi connectivity index (χ1) is 11.9. The number of nitrogens with two attached hydrogens (primary N) is 1. The van der Waals surface area contributed by atoms with Gasteiger partial charge in [0.2, 0.25) is 11.0 Å². The quantitative estimate of drug-likeness (QED) is 0.710. The molecule has 1 aromatic heterocycles. The highest BCUT2D eigenvalue weighted by Gasteiger charge is 2.33. The molecule has 138 valence electrons. The molecule has 25 heavy (non-hydrogen) atoms. The number of hydrogen-bond donors (Lipinski definition) is 2. The van der Waals surface area contributed by atoms with Gasteiger partial charge in [0.25, 0.3) is 15.9 Å². The number of hydrogen-bond acceptors (Lipinski definition) is 6. The highest BCUT2D eigenvalue weighted by molar-refractivity contribution is 7.89. The van der Waals surface area contributed by atoms with Crippen LogP contribution in [0.2, 0.25) is 0 Å². The first-order valence-electron chi connectivity index (χ1n) is 8.29. The van der Waals surface area contributed by atoms with Crippen LogP contribution in [-0.2, 0) is 14.8 Å². The Morgan fingerprint density at radius 1 is 1.24 bits per heavy atom. The van der Waals surface area contributed by atoms with Crippen LogP contribution in [-0.4, -0.2) is 68.2 Å². The molecule has 0 aliphatic carbocycles. The second-order valence-electron chi connectivity index (χ2n) is 6.27. The Labute approximate surface area is 146 Å². The molecular weight excluding hydrogens is 348 g/mol. The maximum Gasteiger partial charge on any atom is 0.284 e. The van der Waals surface area contributed by atoms with Gasteiger partial charge in [-0.25, -0.2) is 8.42 Å². The van der Waals surface area contributed by atoms with Crippen molar-refractivity contribution in [3.05, 3.63) is 17.9 Å². The van der Waals surface area contributed by atoms with Gasteiger partial charge in [-0.15, -0.1) is 0 Å². The molecule has 0 bridgehead atoms. The predicted octanol–water partition coefficient (Wildman–Crippen LogP) is -0.646. The minimum atomic E-state index is -3.84. The van der Waals surface area contributed by atoms with Crippen molar-refractivity contribution in [2.75, 3.05) is 32.7 Å². The summed E-state index contributed by atoms with van der Waals surface area (Å²) in [6, 6.07) is 2.69. The summed E-state index contributed by atoms with van der Waals surface area (Å²) < 4.78 is 31.4. The van der Waals surface area contributed by atoms with Gasteiger partial charge >= 0.3 is 0 Å². The zero-order chi connectivity index (χ0) is 18.0. The van der Waals surface area contributed by atoms with Crippen molar-refractivity contribution in [3.63, 3.8) is 0 Å². The normalized spacial score (nSPS) is 22.2. The van der Waals surface area contributed by atoms with E-state index in [1.807, 2.05) is 0 Å². The van der Waals surface area contributed by atoms with Crippen LogP contribution in [0.4, 0.5) is 0 Å². The molecule has 0 spiro atoms. The summed E-state index contributed by atoms with van der Waals surface area (Å²) >= 11 is 0. The number of carbonyl (C=O) groups excluding carboxylic acids is 2. The van der Waals surface area contributed by atoms with Gasteiger partial charge in [-0.1, -0.05) is 0 Å². The van der Waals surface area contributed by atoms with Gasteiger partial charge in [-0.05, 0) is 31.5 Å². The highest BCUT2D eigenvalue weighted by Crippen LogP contribution is 2.21. The fourth-order valence-electron chi connectivity index (χ4n) is 3.17. The third-order valence-corrected chi connectivity index (χ3v) is 6.37. The van der Waals surface area contributed by atoms with Crippen molar-refractivity contribution in [3.8, 4) is 0 Å². The third kappa shape index (κ3) is 3.86. The topological polar surface area (TPSA) is 126 Å². The Bertz CT molecular complexity index is 746. The molecule has 1 aromatic rings. The van der Waals surface area contributed by atoms with E-state index in [0.717, 1.165) is 19.4 Å². The monoisotopic (exact) mass is 370 g/mol. The van der Waals surface area contributed by atoms with E-state index in [1.54, 1.807) is 4.90 Å². The SMILES string of the molecule is NC(=O)c1ccc(S(=O)(=O)N2CCN(C(=O)CC3CCCN3)CC2)o1. The van der Waals surface area contributed by atoms with Crippen LogP contribution in [0.1, 0.15) is 29.8 Å². The van der Waals surface area contributed by atoms with E-state index >= 15 is 0 Å². The average molecular weight is 370 g/mol. The number of nitrogens with zero attached hydrogens (tertiary/aromatic N) is 2. The zero-order valence-electron chi connectivity index (χ0n) is 13.8. The fraction of sp³-hybridized carbons (Fsp3) is 0.600. The second kappa shape index (κ2) is 7.14. The van der Waals surface area contributed by atoms with Crippen LogP contribution >= 0.6 is 0 Å². The lowest BCUT2D eigenvalue weighted by atomic mass is 10.1. The van der Waals surface area contributed by atoms with Gasteiger partial charge in [0.1, 0.15) is 0 Å². The summed E-state index contributed by atoms with van der Waals surface area (Å²) in [5.74, 6) is -0.973. The zero-order valence-corrected chi connectivity index (χ0v) is 14.6. The van der Waals surface area contributed by atoms with E-state index in [1.165, 1.54) is 16.4 Å². The van der Waals surface area contributed by atoms with Crippen molar-refractivity contribution in [2.24, 2.45) is 5.73 Å². The molecule has 3 rings (SSSR count). The number of sulfonamides is 1. The maximum absolute atomic E-state index is 12.5. The molecule has 0 radical (unpaired) electrons. The van der Waals surface area contributed by atoms with Gasteiger partial charge in [0.05, 0.1) is 0 Å². The fourth-order valence-corrected chi connectivity index (χ4v) is 4.50. The molecule has 2 aliphatic heterocycles. The lowest BCUT2D eigenvalue weighted by molar-refractivity contribution is -0.132. The van der Waals surface area contributed by atoms with Gasteiger partial charge in [0.15, 0.2) is 5.76 Å². The van der Waals surface area contributed by atoms with E-state index in [-0.39, 0.29) is 35.9 Å². The lowest BCUT2D eigenvalue weighted by Crippen LogP contribution is -2.51. The predicted molar refractivity (Wildman–Crippen MR) is 88.2 cm³/mol. The smallest absolute Gasteiger partial charge is 0.284 e. The summed E-state index contributed by atoms with van der Waals surface area (Å²) in [5.41, 5.74) is 5.08. The van der Waals surface area contributed by atoms with E-state index < -0.39 is 15.9 Å². The lowest BCUT2D eigenvalue weighted by Gasteiger charge is -2.34. The molecule has 1 unspecified atom stereocenters. The molecule has 2 amide bonds. The van der Waals surface area contributed by atoms with Gasteiger partial charge in [-0.2, -0.15) is 4.31 Å². The third-order valence-electron chi connectivity index (χ3n) is 4.59. The average Bonchev–Trinajstić information content (AvgIpc) is 3.26. The van der Waals surface area contributed by atoms with Crippen LogP contribution in [0, 0.1) is 0 Å². The standard InChI is InChI=1S/C15H22N4O5S/c16-15(21)12-3-4-14(24-12)25(22,23)19-8-6-18(7-9-19)13(20)10-11-2-1-5-17-11/h3-4,11,17H,1-2,5-10H2,(H2,16,21). The first-order valence-corrected chi connectivity index (χ1v) is 9.73. The minimum absolute atomic E-state index is 0.0467. The van der Waals surface area contributed by atoms with Crippen molar-refractivity contribution < 1.29 is 22.4 Å². The Balaban J connectivity index is 1.58. The van der Waals surface area contributed by atoms with Crippen LogP contribution in [0.3, 0.4) is 0 Å². The number of primary amides is 1. The second-order valence-corrected chi connectivity index (χ2v) is 8.13. The highest BCUT2D eigenvalue weighted by atomic mass is 32.2. The molecule has 3 N–H and O–H groups in total. The molecule has 0 saturated carbocycles. The molecule has 2 saturated heterocycles. The van der Waals surface area contributed by atoms with Gasteiger partial charge in [-0.3, -0.25) is 9.59 Å². The van der Waals surface area contributed by atoms with E-state index in [9.17, 15) is 18.0 Å².